The molecule has 0 radical (unpaired) electrons. The minimum Gasteiger partial charge on any atom is -0.382 e. The van der Waals surface area contributed by atoms with Gasteiger partial charge in [0.1, 0.15) is 6.04 Å². The van der Waals surface area contributed by atoms with E-state index in [9.17, 15) is 13.2 Å². The number of rotatable bonds is 8. The predicted octanol–water partition coefficient (Wildman–Crippen LogP) is 1.85. The van der Waals surface area contributed by atoms with E-state index in [0.29, 0.717) is 37.8 Å². The molecule has 0 spiro atoms. The molecule has 1 aromatic carbocycles. The third kappa shape index (κ3) is 5.02. The topological polar surface area (TPSA) is 101 Å². The van der Waals surface area contributed by atoms with E-state index >= 15 is 0 Å². The molecule has 8 nitrogen and oxygen atoms in total. The Balaban J connectivity index is 1.81. The van der Waals surface area contributed by atoms with Crippen LogP contribution in [-0.2, 0) is 19.4 Å². The number of anilines is 1. The van der Waals surface area contributed by atoms with Crippen LogP contribution in [0.15, 0.2) is 23.1 Å². The van der Waals surface area contributed by atoms with E-state index in [1.807, 2.05) is 18.7 Å². The Labute approximate surface area is 171 Å². The summed E-state index contributed by atoms with van der Waals surface area (Å²) in [5.74, 6) is 0.429. The minimum atomic E-state index is -3.33. The Morgan fingerprint density at radius 2 is 2.14 bits per heavy atom. The number of fused-ring (bicyclic) bond motifs is 1. The smallest absolute Gasteiger partial charge is 0.242 e. The SMILES string of the molecule is CCOCCCNC(=O)C1CCCN1c1nc(C)c2ccc(S(C)(=O)=O)cc2n1. The van der Waals surface area contributed by atoms with Crippen LogP contribution in [0.2, 0.25) is 0 Å². The zero-order chi connectivity index (χ0) is 21.0. The van der Waals surface area contributed by atoms with Crippen molar-refractivity contribution in [3.8, 4) is 0 Å². The highest BCUT2D eigenvalue weighted by atomic mass is 32.2. The van der Waals surface area contributed by atoms with Crippen LogP contribution in [0.1, 0.15) is 31.9 Å². The summed E-state index contributed by atoms with van der Waals surface area (Å²) in [5.41, 5.74) is 1.33. The average molecular weight is 421 g/mol. The van der Waals surface area contributed by atoms with Crippen LogP contribution in [-0.4, -0.2) is 62.9 Å². The third-order valence-electron chi connectivity index (χ3n) is 5.06. The number of amides is 1. The van der Waals surface area contributed by atoms with E-state index in [1.54, 1.807) is 18.2 Å². The molecule has 1 aliphatic heterocycles. The van der Waals surface area contributed by atoms with Crippen LogP contribution >= 0.6 is 0 Å². The molecule has 158 valence electrons. The van der Waals surface area contributed by atoms with Gasteiger partial charge in [0.05, 0.1) is 16.1 Å². The first-order valence-electron chi connectivity index (χ1n) is 9.92. The van der Waals surface area contributed by atoms with E-state index in [1.165, 1.54) is 6.26 Å². The fourth-order valence-corrected chi connectivity index (χ4v) is 4.18. The first kappa shape index (κ1) is 21.4. The van der Waals surface area contributed by atoms with Crippen LogP contribution in [0.25, 0.3) is 10.9 Å². The maximum Gasteiger partial charge on any atom is 0.242 e. The summed E-state index contributed by atoms with van der Waals surface area (Å²) in [6, 6.07) is 4.55. The van der Waals surface area contributed by atoms with Crippen LogP contribution in [0.3, 0.4) is 0 Å². The van der Waals surface area contributed by atoms with Crippen molar-refractivity contribution in [3.05, 3.63) is 23.9 Å². The summed E-state index contributed by atoms with van der Waals surface area (Å²) in [5, 5.41) is 3.77. The molecule has 1 N–H and O–H groups in total. The van der Waals surface area contributed by atoms with Gasteiger partial charge in [0.2, 0.25) is 11.9 Å². The van der Waals surface area contributed by atoms with Crippen molar-refractivity contribution in [1.82, 2.24) is 15.3 Å². The van der Waals surface area contributed by atoms with Crippen molar-refractivity contribution in [1.29, 1.82) is 0 Å². The molecule has 1 fully saturated rings. The Kier molecular flexibility index (Phi) is 6.69. The number of aromatic nitrogens is 2. The van der Waals surface area contributed by atoms with Gasteiger partial charge in [-0.05, 0) is 51.3 Å². The van der Waals surface area contributed by atoms with Gasteiger partial charge >= 0.3 is 0 Å². The van der Waals surface area contributed by atoms with E-state index in [0.717, 1.165) is 30.3 Å². The summed E-state index contributed by atoms with van der Waals surface area (Å²) < 4.78 is 29.1. The van der Waals surface area contributed by atoms with E-state index in [4.69, 9.17) is 4.74 Å². The highest BCUT2D eigenvalue weighted by Gasteiger charge is 2.32. The van der Waals surface area contributed by atoms with Gasteiger partial charge in [-0.3, -0.25) is 4.79 Å². The predicted molar refractivity (Wildman–Crippen MR) is 112 cm³/mol. The lowest BCUT2D eigenvalue weighted by Gasteiger charge is -2.24. The summed E-state index contributed by atoms with van der Waals surface area (Å²) in [6.45, 7) is 6.36. The molecule has 29 heavy (non-hydrogen) atoms. The number of hydrogen-bond donors (Lipinski definition) is 1. The van der Waals surface area contributed by atoms with Crippen molar-refractivity contribution in [2.45, 2.75) is 44.0 Å². The second-order valence-corrected chi connectivity index (χ2v) is 9.27. The minimum absolute atomic E-state index is 0.0368. The molecule has 1 unspecified atom stereocenters. The third-order valence-corrected chi connectivity index (χ3v) is 6.17. The van der Waals surface area contributed by atoms with Crippen LogP contribution < -0.4 is 10.2 Å². The largest absolute Gasteiger partial charge is 0.382 e. The number of carbonyl (C=O) groups is 1. The molecule has 9 heteroatoms. The summed E-state index contributed by atoms with van der Waals surface area (Å²) in [6.07, 6.45) is 3.56. The van der Waals surface area contributed by atoms with Gasteiger partial charge in [0, 0.05) is 37.9 Å². The van der Waals surface area contributed by atoms with Gasteiger partial charge in [-0.2, -0.15) is 0 Å². The molecule has 1 saturated heterocycles. The highest BCUT2D eigenvalue weighted by Crippen LogP contribution is 2.27. The Bertz CT molecular complexity index is 993. The monoisotopic (exact) mass is 420 g/mol. The molecular weight excluding hydrogens is 392 g/mol. The molecule has 0 bridgehead atoms. The van der Waals surface area contributed by atoms with Crippen LogP contribution in [0, 0.1) is 6.92 Å². The number of hydrogen-bond acceptors (Lipinski definition) is 7. The molecule has 0 aliphatic carbocycles. The van der Waals surface area contributed by atoms with Crippen molar-refractivity contribution in [2.75, 3.05) is 37.5 Å². The van der Waals surface area contributed by atoms with Gasteiger partial charge in [0.15, 0.2) is 9.84 Å². The molecule has 2 heterocycles. The maximum atomic E-state index is 12.7. The zero-order valence-corrected chi connectivity index (χ0v) is 18.0. The molecule has 0 saturated carbocycles. The molecule has 3 rings (SSSR count). The van der Waals surface area contributed by atoms with Crippen LogP contribution in [0.5, 0.6) is 0 Å². The van der Waals surface area contributed by atoms with Gasteiger partial charge in [0.25, 0.3) is 0 Å². The van der Waals surface area contributed by atoms with Crippen molar-refractivity contribution < 1.29 is 17.9 Å². The number of benzene rings is 1. The van der Waals surface area contributed by atoms with Crippen molar-refractivity contribution in [2.24, 2.45) is 0 Å². The van der Waals surface area contributed by atoms with E-state index in [2.05, 4.69) is 15.3 Å². The quantitative estimate of drug-likeness (QED) is 0.650. The Hall–Kier alpha value is -2.26. The summed E-state index contributed by atoms with van der Waals surface area (Å²) in [4.78, 5) is 24.0. The number of aryl methyl sites for hydroxylation is 1. The number of nitrogens with zero attached hydrogens (tertiary/aromatic N) is 3. The molecule has 1 atom stereocenters. The molecular formula is C20H28N4O4S. The van der Waals surface area contributed by atoms with Crippen molar-refractivity contribution in [3.63, 3.8) is 0 Å². The number of ether oxygens (including phenoxy) is 1. The van der Waals surface area contributed by atoms with E-state index in [-0.39, 0.29) is 16.8 Å². The molecule has 1 aliphatic rings. The molecule has 2 aromatic rings. The maximum absolute atomic E-state index is 12.7. The van der Waals surface area contributed by atoms with Gasteiger partial charge in [-0.1, -0.05) is 0 Å². The summed E-state index contributed by atoms with van der Waals surface area (Å²) in [7, 11) is -3.33. The van der Waals surface area contributed by atoms with Gasteiger partial charge in [-0.15, -0.1) is 0 Å². The first-order chi connectivity index (χ1) is 13.8. The second kappa shape index (κ2) is 9.04. The second-order valence-electron chi connectivity index (χ2n) is 7.25. The fraction of sp³-hybridized carbons (Fsp3) is 0.550. The van der Waals surface area contributed by atoms with E-state index < -0.39 is 9.84 Å². The Morgan fingerprint density at radius 3 is 2.86 bits per heavy atom. The zero-order valence-electron chi connectivity index (χ0n) is 17.1. The standard InChI is InChI=1S/C20H28N4O4S/c1-4-28-12-6-10-21-19(25)18-7-5-11-24(18)20-22-14(2)16-9-8-15(29(3,26)27)13-17(16)23-20/h8-9,13,18H,4-7,10-12H2,1-3H3,(H,21,25). The number of nitrogens with one attached hydrogen (secondary N) is 1. The number of carbonyl (C=O) groups excluding carboxylic acids is 1. The average Bonchev–Trinajstić information content (AvgIpc) is 3.16. The van der Waals surface area contributed by atoms with Gasteiger partial charge in [-0.25, -0.2) is 18.4 Å². The fourth-order valence-electron chi connectivity index (χ4n) is 3.54. The lowest BCUT2D eigenvalue weighted by Crippen LogP contribution is -2.44. The summed E-state index contributed by atoms with van der Waals surface area (Å²) >= 11 is 0. The van der Waals surface area contributed by atoms with Crippen LogP contribution in [0.4, 0.5) is 5.95 Å². The van der Waals surface area contributed by atoms with Crippen molar-refractivity contribution >= 4 is 32.6 Å². The lowest BCUT2D eigenvalue weighted by atomic mass is 10.2. The molecule has 1 amide bonds. The first-order valence-corrected chi connectivity index (χ1v) is 11.8. The highest BCUT2D eigenvalue weighted by molar-refractivity contribution is 7.90. The number of sulfone groups is 1. The normalized spacial score (nSPS) is 17.1. The lowest BCUT2D eigenvalue weighted by molar-refractivity contribution is -0.122. The molecule has 1 aromatic heterocycles. The van der Waals surface area contributed by atoms with Gasteiger partial charge < -0.3 is 15.0 Å². The Morgan fingerprint density at radius 1 is 1.34 bits per heavy atom.